The number of carboxylic acids is 1. The number of nitrogens with zero attached hydrogens (tertiary/aromatic N) is 2. The monoisotopic (exact) mass is 512 g/mol. The van der Waals surface area contributed by atoms with E-state index in [1.54, 1.807) is 25.1 Å². The lowest BCUT2D eigenvalue weighted by Crippen LogP contribution is -2.21. The van der Waals surface area contributed by atoms with Crippen LogP contribution >= 0.6 is 34.2 Å². The summed E-state index contributed by atoms with van der Waals surface area (Å²) in [7, 11) is 1.44. The number of hydrogen-bond donors (Lipinski definition) is 2. The van der Waals surface area contributed by atoms with Crippen molar-refractivity contribution in [1.29, 1.82) is 0 Å². The Kier molecular flexibility index (Phi) is 5.61. The zero-order valence-corrected chi connectivity index (χ0v) is 17.6. The predicted octanol–water partition coefficient (Wildman–Crippen LogP) is 4.16. The maximum Gasteiger partial charge on any atom is 0.337 e. The van der Waals surface area contributed by atoms with Crippen molar-refractivity contribution in [2.45, 2.75) is 6.92 Å². The van der Waals surface area contributed by atoms with Gasteiger partial charge in [0, 0.05) is 0 Å². The zero-order valence-electron chi connectivity index (χ0n) is 14.7. The molecule has 28 heavy (non-hydrogen) atoms. The summed E-state index contributed by atoms with van der Waals surface area (Å²) in [4.78, 5) is 24.2. The van der Waals surface area contributed by atoms with Gasteiger partial charge in [0.25, 0.3) is 5.91 Å². The van der Waals surface area contributed by atoms with E-state index in [-0.39, 0.29) is 16.3 Å². The van der Waals surface area contributed by atoms with Crippen LogP contribution in [0.5, 0.6) is 11.5 Å². The van der Waals surface area contributed by atoms with Gasteiger partial charge in [-0.2, -0.15) is 10.1 Å². The van der Waals surface area contributed by atoms with Gasteiger partial charge in [-0.05, 0) is 71.5 Å². The molecule has 2 aromatic carbocycles. The number of ether oxygens (including phenoxy) is 1. The van der Waals surface area contributed by atoms with E-state index in [1.807, 2.05) is 22.6 Å². The van der Waals surface area contributed by atoms with Crippen molar-refractivity contribution >= 4 is 63.5 Å². The van der Waals surface area contributed by atoms with Gasteiger partial charge in [-0.1, -0.05) is 11.6 Å². The first-order chi connectivity index (χ1) is 13.2. The molecule has 1 heterocycles. The minimum atomic E-state index is -1.19. The molecular weight excluding hydrogens is 499 g/mol. The van der Waals surface area contributed by atoms with Gasteiger partial charge in [0.15, 0.2) is 11.5 Å². The summed E-state index contributed by atoms with van der Waals surface area (Å²) >= 11 is 7.86. The summed E-state index contributed by atoms with van der Waals surface area (Å²) in [5.74, 6) is -1.28. The lowest BCUT2D eigenvalue weighted by molar-refractivity contribution is -0.114. The van der Waals surface area contributed by atoms with E-state index in [0.717, 1.165) is 5.01 Å². The molecule has 3 rings (SSSR count). The highest BCUT2D eigenvalue weighted by atomic mass is 127. The average Bonchev–Trinajstić information content (AvgIpc) is 2.92. The summed E-state index contributed by atoms with van der Waals surface area (Å²) in [5.41, 5.74) is 1.65. The van der Waals surface area contributed by atoms with E-state index >= 15 is 0 Å². The fraction of sp³-hybridized carbons (Fsp3) is 0.105. The van der Waals surface area contributed by atoms with Crippen LogP contribution in [0.25, 0.3) is 6.08 Å². The van der Waals surface area contributed by atoms with Crippen molar-refractivity contribution in [2.24, 2.45) is 5.10 Å². The van der Waals surface area contributed by atoms with Crippen LogP contribution in [-0.2, 0) is 4.79 Å². The van der Waals surface area contributed by atoms with E-state index in [4.69, 9.17) is 16.3 Å². The molecule has 0 bridgehead atoms. The number of hydrazone groups is 1. The standard InChI is InChI=1S/C19H14ClIN2O5/c1-9-12(5-10-6-15(21)17(24)16(7-10)28-2)18(25)23(22-9)11-3-4-14(20)13(8-11)19(26)27/h3-8,24H,1-2H3,(H,26,27)/b12-5-. The van der Waals surface area contributed by atoms with Gasteiger partial charge in [-0.3, -0.25) is 4.79 Å². The van der Waals surface area contributed by atoms with E-state index < -0.39 is 11.9 Å². The lowest BCUT2D eigenvalue weighted by Gasteiger charge is -2.13. The quantitative estimate of drug-likeness (QED) is 0.473. The number of aromatic carboxylic acids is 1. The number of anilines is 1. The van der Waals surface area contributed by atoms with Gasteiger partial charge in [0.05, 0.1) is 38.2 Å². The Morgan fingerprint density at radius 2 is 2.04 bits per heavy atom. The maximum atomic E-state index is 12.9. The molecule has 0 unspecified atom stereocenters. The first-order valence-corrected chi connectivity index (χ1v) is 9.39. The van der Waals surface area contributed by atoms with Gasteiger partial charge >= 0.3 is 5.97 Å². The number of methoxy groups -OCH3 is 1. The second-order valence-corrected chi connectivity index (χ2v) is 7.45. The van der Waals surface area contributed by atoms with Crippen LogP contribution in [0.4, 0.5) is 5.69 Å². The lowest BCUT2D eigenvalue weighted by atomic mass is 10.1. The van der Waals surface area contributed by atoms with Crippen LogP contribution in [-0.4, -0.2) is 34.9 Å². The molecule has 0 aromatic heterocycles. The van der Waals surface area contributed by atoms with Gasteiger partial charge < -0.3 is 14.9 Å². The number of carbonyl (C=O) groups is 2. The van der Waals surface area contributed by atoms with Crippen LogP contribution in [0.2, 0.25) is 5.02 Å². The molecule has 0 saturated heterocycles. The molecular formula is C19H14ClIN2O5. The fourth-order valence-electron chi connectivity index (χ4n) is 2.67. The van der Waals surface area contributed by atoms with E-state index in [9.17, 15) is 19.8 Å². The number of halogens is 2. The highest BCUT2D eigenvalue weighted by molar-refractivity contribution is 14.1. The number of phenols is 1. The van der Waals surface area contributed by atoms with Crippen molar-refractivity contribution < 1.29 is 24.5 Å². The Morgan fingerprint density at radius 1 is 1.32 bits per heavy atom. The first-order valence-electron chi connectivity index (χ1n) is 7.94. The van der Waals surface area contributed by atoms with Crippen LogP contribution < -0.4 is 9.75 Å². The second kappa shape index (κ2) is 7.80. The predicted molar refractivity (Wildman–Crippen MR) is 114 cm³/mol. The molecule has 1 aliphatic heterocycles. The zero-order chi connectivity index (χ0) is 20.6. The average molecular weight is 513 g/mol. The van der Waals surface area contributed by atoms with Gasteiger partial charge in [0.2, 0.25) is 0 Å². The molecule has 0 fully saturated rings. The van der Waals surface area contributed by atoms with Crippen molar-refractivity contribution in [3.63, 3.8) is 0 Å². The van der Waals surface area contributed by atoms with Crippen molar-refractivity contribution in [3.05, 3.63) is 55.6 Å². The Labute approximate surface area is 179 Å². The summed E-state index contributed by atoms with van der Waals surface area (Å²) in [5, 5.41) is 24.6. The number of aromatic hydroxyl groups is 1. The molecule has 9 heteroatoms. The molecule has 2 N–H and O–H groups in total. The molecule has 1 aliphatic rings. The Balaban J connectivity index is 2.00. The molecule has 2 aromatic rings. The van der Waals surface area contributed by atoms with Crippen LogP contribution in [0, 0.1) is 3.57 Å². The van der Waals surface area contributed by atoms with Crippen molar-refractivity contribution in [1.82, 2.24) is 0 Å². The minimum absolute atomic E-state index is 0.0254. The number of rotatable bonds is 4. The highest BCUT2D eigenvalue weighted by Crippen LogP contribution is 2.34. The van der Waals surface area contributed by atoms with E-state index in [2.05, 4.69) is 5.10 Å². The van der Waals surface area contributed by atoms with Gasteiger partial charge in [-0.25, -0.2) is 4.79 Å². The number of phenolic OH excluding ortho intramolecular Hbond substituents is 1. The third-order valence-electron chi connectivity index (χ3n) is 4.07. The van der Waals surface area contributed by atoms with Crippen LogP contribution in [0.1, 0.15) is 22.8 Å². The maximum absolute atomic E-state index is 12.9. The van der Waals surface area contributed by atoms with E-state index in [0.29, 0.717) is 31.9 Å². The molecule has 1 amide bonds. The molecule has 0 aliphatic carbocycles. The summed E-state index contributed by atoms with van der Waals surface area (Å²) in [6, 6.07) is 7.55. The number of hydrogen-bond acceptors (Lipinski definition) is 5. The fourth-order valence-corrected chi connectivity index (χ4v) is 3.49. The minimum Gasteiger partial charge on any atom is -0.504 e. The van der Waals surface area contributed by atoms with Crippen LogP contribution in [0.15, 0.2) is 41.0 Å². The molecule has 7 nitrogen and oxygen atoms in total. The van der Waals surface area contributed by atoms with Crippen molar-refractivity contribution in [3.8, 4) is 11.5 Å². The number of benzene rings is 2. The second-order valence-electron chi connectivity index (χ2n) is 5.88. The molecule has 0 radical (unpaired) electrons. The normalized spacial score (nSPS) is 15.1. The highest BCUT2D eigenvalue weighted by Gasteiger charge is 2.29. The van der Waals surface area contributed by atoms with Crippen molar-refractivity contribution in [2.75, 3.05) is 12.1 Å². The van der Waals surface area contributed by atoms with Gasteiger partial charge in [-0.15, -0.1) is 0 Å². The summed E-state index contributed by atoms with van der Waals surface area (Å²) in [6.07, 6.45) is 1.64. The Bertz CT molecular complexity index is 1060. The third-order valence-corrected chi connectivity index (χ3v) is 5.22. The largest absolute Gasteiger partial charge is 0.504 e. The third kappa shape index (κ3) is 3.69. The summed E-state index contributed by atoms with van der Waals surface area (Å²) < 4.78 is 5.72. The Hall–Kier alpha value is -2.59. The number of amides is 1. The number of carboxylic acid groups (broad SMARTS) is 1. The van der Waals surface area contributed by atoms with E-state index in [1.165, 1.54) is 25.3 Å². The first kappa shape index (κ1) is 20.2. The molecule has 144 valence electrons. The van der Waals surface area contributed by atoms with Crippen LogP contribution in [0.3, 0.4) is 0 Å². The smallest absolute Gasteiger partial charge is 0.337 e. The molecule has 0 spiro atoms. The SMILES string of the molecule is COc1cc(/C=C2\C(=O)N(c3ccc(Cl)c(C(=O)O)c3)N=C2C)cc(I)c1O. The number of carbonyl (C=O) groups excluding carboxylic acids is 1. The topological polar surface area (TPSA) is 99.4 Å². The molecule has 0 saturated carbocycles. The molecule has 0 atom stereocenters. The summed E-state index contributed by atoms with van der Waals surface area (Å²) in [6.45, 7) is 1.68. The van der Waals surface area contributed by atoms with Gasteiger partial charge in [0.1, 0.15) is 0 Å². The Morgan fingerprint density at radius 3 is 2.68 bits per heavy atom.